The van der Waals surface area contributed by atoms with E-state index in [4.69, 9.17) is 0 Å². The number of carbonyl (C=O) groups excluding carboxylic acids is 3. The van der Waals surface area contributed by atoms with Gasteiger partial charge in [0, 0.05) is 12.8 Å². The number of hydrogen-bond acceptors (Lipinski definition) is 6. The molecule has 8 nitrogen and oxygen atoms in total. The second kappa shape index (κ2) is 15.6. The molecule has 34 heavy (non-hydrogen) atoms. The highest BCUT2D eigenvalue weighted by molar-refractivity contribution is 7.98. The Hall–Kier alpha value is -2.26. The lowest BCUT2D eigenvalue weighted by Crippen LogP contribution is -2.57. The minimum absolute atomic E-state index is 0.113. The molecule has 5 N–H and O–H groups in total. The number of benzene rings is 1. The molecule has 192 valence electrons. The minimum atomic E-state index is -0.875. The standard InChI is InChI=1S/C25H41N3O5S/c1-6-17(4)23(25(33)26-19(15-29)11-12-34-5)28-24(32)21(27-22(31)13-16(2)3)14-18-7-9-20(30)10-8-18/h7-10,16-17,19,21,23,29-30H,6,11-15H2,1-5H3,(H,26,33)(H,27,31)(H,28,32)/t17-,19-,21-,23-/m0/s1. The summed E-state index contributed by atoms with van der Waals surface area (Å²) in [6.45, 7) is 7.49. The summed E-state index contributed by atoms with van der Waals surface area (Å²) in [5.41, 5.74) is 0.768. The molecule has 0 bridgehead atoms. The highest BCUT2D eigenvalue weighted by atomic mass is 32.2. The second-order valence-electron chi connectivity index (χ2n) is 9.13. The summed E-state index contributed by atoms with van der Waals surface area (Å²) < 4.78 is 0. The van der Waals surface area contributed by atoms with Gasteiger partial charge in [0.2, 0.25) is 17.7 Å². The average molecular weight is 496 g/mol. The van der Waals surface area contributed by atoms with E-state index in [1.165, 1.54) is 12.1 Å². The fraction of sp³-hybridized carbons (Fsp3) is 0.640. The lowest BCUT2D eigenvalue weighted by atomic mass is 9.96. The Labute approximate surface area is 207 Å². The maximum absolute atomic E-state index is 13.3. The molecule has 0 saturated heterocycles. The van der Waals surface area contributed by atoms with Crippen LogP contribution in [0.5, 0.6) is 5.75 Å². The largest absolute Gasteiger partial charge is 0.508 e. The molecule has 0 fully saturated rings. The van der Waals surface area contributed by atoms with Crippen molar-refractivity contribution in [3.05, 3.63) is 29.8 Å². The molecular weight excluding hydrogens is 454 g/mol. The van der Waals surface area contributed by atoms with Crippen LogP contribution < -0.4 is 16.0 Å². The summed E-state index contributed by atoms with van der Waals surface area (Å²) in [6.07, 6.45) is 3.74. The molecule has 0 radical (unpaired) electrons. The third kappa shape index (κ3) is 10.8. The molecule has 0 saturated carbocycles. The van der Waals surface area contributed by atoms with Crippen LogP contribution >= 0.6 is 11.8 Å². The van der Waals surface area contributed by atoms with Gasteiger partial charge in [-0.1, -0.05) is 46.2 Å². The maximum Gasteiger partial charge on any atom is 0.243 e. The number of carbonyl (C=O) groups is 3. The van der Waals surface area contributed by atoms with Crippen LogP contribution in [-0.2, 0) is 20.8 Å². The van der Waals surface area contributed by atoms with Crippen LogP contribution in [0, 0.1) is 11.8 Å². The predicted octanol–water partition coefficient (Wildman–Crippen LogP) is 2.23. The van der Waals surface area contributed by atoms with E-state index in [0.29, 0.717) is 12.8 Å². The van der Waals surface area contributed by atoms with Gasteiger partial charge in [0.1, 0.15) is 17.8 Å². The molecule has 1 rings (SSSR count). The Bertz CT molecular complexity index is 772. The molecule has 0 aliphatic rings. The third-order valence-corrected chi connectivity index (χ3v) is 6.30. The van der Waals surface area contributed by atoms with Gasteiger partial charge in [0.15, 0.2) is 0 Å². The first kappa shape index (κ1) is 29.8. The van der Waals surface area contributed by atoms with Gasteiger partial charge in [-0.15, -0.1) is 0 Å². The SMILES string of the molecule is CC[C@H](C)[C@H](NC(=O)[C@H](Cc1ccc(O)cc1)NC(=O)CC(C)C)C(=O)N[C@H](CO)CCSC. The van der Waals surface area contributed by atoms with Gasteiger partial charge in [-0.2, -0.15) is 11.8 Å². The number of aliphatic hydroxyl groups excluding tert-OH is 1. The number of rotatable bonds is 15. The normalized spacial score (nSPS) is 14.7. The number of hydrogen-bond donors (Lipinski definition) is 5. The van der Waals surface area contributed by atoms with Crippen molar-refractivity contribution in [3.8, 4) is 5.75 Å². The number of aromatic hydroxyl groups is 1. The van der Waals surface area contributed by atoms with Crippen LogP contribution in [0.15, 0.2) is 24.3 Å². The Morgan fingerprint density at radius 3 is 2.18 bits per heavy atom. The van der Waals surface area contributed by atoms with Crippen molar-refractivity contribution in [1.29, 1.82) is 0 Å². The van der Waals surface area contributed by atoms with Gasteiger partial charge >= 0.3 is 0 Å². The molecule has 9 heteroatoms. The van der Waals surface area contributed by atoms with Crippen molar-refractivity contribution < 1.29 is 24.6 Å². The lowest BCUT2D eigenvalue weighted by Gasteiger charge is -2.28. The van der Waals surface area contributed by atoms with Crippen LogP contribution in [-0.4, -0.2) is 64.7 Å². The minimum Gasteiger partial charge on any atom is -0.508 e. The first-order valence-electron chi connectivity index (χ1n) is 11.9. The highest BCUT2D eigenvalue weighted by Gasteiger charge is 2.31. The van der Waals surface area contributed by atoms with E-state index in [2.05, 4.69) is 16.0 Å². The monoisotopic (exact) mass is 495 g/mol. The van der Waals surface area contributed by atoms with Crippen LogP contribution in [0.1, 0.15) is 52.5 Å². The molecule has 3 amide bonds. The van der Waals surface area contributed by atoms with E-state index < -0.39 is 18.0 Å². The summed E-state index contributed by atoms with van der Waals surface area (Å²) in [6, 6.07) is 4.38. The van der Waals surface area contributed by atoms with Crippen LogP contribution in [0.25, 0.3) is 0 Å². The molecule has 0 aromatic heterocycles. The van der Waals surface area contributed by atoms with E-state index in [1.807, 2.05) is 34.0 Å². The molecule has 0 spiro atoms. The molecule has 1 aromatic carbocycles. The molecule has 0 aliphatic carbocycles. The van der Waals surface area contributed by atoms with E-state index >= 15 is 0 Å². The zero-order valence-electron chi connectivity index (χ0n) is 21.0. The first-order valence-corrected chi connectivity index (χ1v) is 13.3. The summed E-state index contributed by atoms with van der Waals surface area (Å²) in [4.78, 5) is 38.8. The Kier molecular flexibility index (Phi) is 13.7. The van der Waals surface area contributed by atoms with E-state index in [0.717, 1.165) is 11.3 Å². The van der Waals surface area contributed by atoms with Gasteiger partial charge in [-0.05, 0) is 48.0 Å². The number of nitrogens with one attached hydrogen (secondary N) is 3. The quantitative estimate of drug-likeness (QED) is 0.254. The van der Waals surface area contributed by atoms with Crippen LogP contribution in [0.3, 0.4) is 0 Å². The van der Waals surface area contributed by atoms with Gasteiger partial charge in [0.25, 0.3) is 0 Å². The van der Waals surface area contributed by atoms with E-state index in [1.54, 1.807) is 23.9 Å². The lowest BCUT2D eigenvalue weighted by molar-refractivity contribution is -0.133. The predicted molar refractivity (Wildman–Crippen MR) is 137 cm³/mol. The van der Waals surface area contributed by atoms with Crippen LogP contribution in [0.4, 0.5) is 0 Å². The Morgan fingerprint density at radius 2 is 1.65 bits per heavy atom. The maximum atomic E-state index is 13.3. The fourth-order valence-corrected chi connectivity index (χ4v) is 3.94. The Morgan fingerprint density at radius 1 is 1.00 bits per heavy atom. The summed E-state index contributed by atoms with van der Waals surface area (Å²) >= 11 is 1.63. The first-order chi connectivity index (χ1) is 16.1. The molecule has 0 unspecified atom stereocenters. The van der Waals surface area contributed by atoms with Crippen molar-refractivity contribution in [3.63, 3.8) is 0 Å². The number of phenolic OH excluding ortho intramolecular Hbond substituents is 1. The molecular formula is C25H41N3O5S. The average Bonchev–Trinajstić information content (AvgIpc) is 2.79. The van der Waals surface area contributed by atoms with E-state index in [9.17, 15) is 24.6 Å². The number of phenols is 1. The summed E-state index contributed by atoms with van der Waals surface area (Å²) in [7, 11) is 0. The summed E-state index contributed by atoms with van der Waals surface area (Å²) in [5.74, 6) is -0.146. The highest BCUT2D eigenvalue weighted by Crippen LogP contribution is 2.14. The topological polar surface area (TPSA) is 128 Å². The molecule has 0 heterocycles. The number of aliphatic hydroxyl groups is 1. The van der Waals surface area contributed by atoms with Crippen molar-refractivity contribution in [2.75, 3.05) is 18.6 Å². The van der Waals surface area contributed by atoms with E-state index in [-0.39, 0.29) is 54.9 Å². The fourth-order valence-electron chi connectivity index (χ4n) is 3.42. The van der Waals surface area contributed by atoms with Gasteiger partial charge in [-0.3, -0.25) is 14.4 Å². The molecule has 1 aromatic rings. The Balaban J connectivity index is 3.04. The summed E-state index contributed by atoms with van der Waals surface area (Å²) in [5, 5.41) is 27.7. The third-order valence-electron chi connectivity index (χ3n) is 5.65. The van der Waals surface area contributed by atoms with Crippen molar-refractivity contribution in [2.45, 2.75) is 71.5 Å². The second-order valence-corrected chi connectivity index (χ2v) is 10.1. The molecule has 0 aliphatic heterocycles. The zero-order chi connectivity index (χ0) is 25.7. The number of amides is 3. The van der Waals surface area contributed by atoms with Crippen LogP contribution in [0.2, 0.25) is 0 Å². The molecule has 4 atom stereocenters. The number of thioether (sulfide) groups is 1. The zero-order valence-corrected chi connectivity index (χ0v) is 21.8. The van der Waals surface area contributed by atoms with Gasteiger partial charge < -0.3 is 26.2 Å². The van der Waals surface area contributed by atoms with Gasteiger partial charge in [-0.25, -0.2) is 0 Å². The van der Waals surface area contributed by atoms with Crippen molar-refractivity contribution in [2.24, 2.45) is 11.8 Å². The van der Waals surface area contributed by atoms with Crippen molar-refractivity contribution in [1.82, 2.24) is 16.0 Å². The van der Waals surface area contributed by atoms with Gasteiger partial charge in [0.05, 0.1) is 12.6 Å². The van der Waals surface area contributed by atoms with Crippen molar-refractivity contribution >= 4 is 29.5 Å². The smallest absolute Gasteiger partial charge is 0.243 e.